The van der Waals surface area contributed by atoms with Crippen LogP contribution in [0.15, 0.2) is 42.8 Å². The maximum absolute atomic E-state index is 5.26. The van der Waals surface area contributed by atoms with E-state index < -0.39 is 0 Å². The first kappa shape index (κ1) is 9.53. The molecule has 3 heterocycles. The van der Waals surface area contributed by atoms with Gasteiger partial charge in [0.25, 0.3) is 0 Å². The number of rotatable bonds is 2. The van der Waals surface area contributed by atoms with Crippen molar-refractivity contribution >= 4 is 35.3 Å². The molecule has 0 amide bonds. The molecule has 1 aromatic heterocycles. The standard InChI is InChI=1S/C10H8N4OS/c1-2-7(15-3-1)4-16-10-8-9(12-5-11-8)13-6-14-10/h1-3,5-6,8H,4H2. The quantitative estimate of drug-likeness (QED) is 0.780. The number of aliphatic imine (C=N–C) groups is 4. The largest absolute Gasteiger partial charge is 0.468 e. The third-order valence-electron chi connectivity index (χ3n) is 2.20. The van der Waals surface area contributed by atoms with Crippen LogP contribution in [0.4, 0.5) is 0 Å². The molecule has 0 radical (unpaired) electrons. The molecule has 0 bridgehead atoms. The molecule has 3 rings (SSSR count). The lowest BCUT2D eigenvalue weighted by Gasteiger charge is -2.12. The fourth-order valence-corrected chi connectivity index (χ4v) is 2.35. The molecule has 0 fully saturated rings. The molecule has 80 valence electrons. The van der Waals surface area contributed by atoms with Crippen molar-refractivity contribution in [2.45, 2.75) is 11.8 Å². The molecule has 16 heavy (non-hydrogen) atoms. The number of furan rings is 1. The molecule has 0 N–H and O–H groups in total. The summed E-state index contributed by atoms with van der Waals surface area (Å²) in [6.45, 7) is 0. The highest BCUT2D eigenvalue weighted by atomic mass is 32.2. The molecule has 1 aromatic rings. The summed E-state index contributed by atoms with van der Waals surface area (Å²) in [4.78, 5) is 16.6. The van der Waals surface area contributed by atoms with Crippen LogP contribution in [-0.2, 0) is 5.75 Å². The lowest BCUT2D eigenvalue weighted by Crippen LogP contribution is -2.25. The third kappa shape index (κ3) is 1.71. The minimum Gasteiger partial charge on any atom is -0.468 e. The molecule has 0 aliphatic carbocycles. The van der Waals surface area contributed by atoms with Crippen LogP contribution in [0.3, 0.4) is 0 Å². The van der Waals surface area contributed by atoms with E-state index in [-0.39, 0.29) is 6.04 Å². The SMILES string of the molecule is C1=NC2=NC=NC2C(SCc2ccco2)=N1. The fraction of sp³-hybridized carbons (Fsp3) is 0.200. The second-order valence-corrected chi connectivity index (χ2v) is 4.23. The van der Waals surface area contributed by atoms with Gasteiger partial charge in [-0.3, -0.25) is 4.99 Å². The zero-order chi connectivity index (χ0) is 10.8. The Hall–Kier alpha value is -1.69. The number of fused-ring (bicyclic) bond motifs is 1. The van der Waals surface area contributed by atoms with E-state index in [1.54, 1.807) is 18.0 Å². The van der Waals surface area contributed by atoms with E-state index in [9.17, 15) is 0 Å². The van der Waals surface area contributed by atoms with Crippen molar-refractivity contribution in [1.29, 1.82) is 0 Å². The molecule has 1 unspecified atom stereocenters. The van der Waals surface area contributed by atoms with Gasteiger partial charge >= 0.3 is 0 Å². The van der Waals surface area contributed by atoms with Crippen LogP contribution in [0.5, 0.6) is 0 Å². The summed E-state index contributed by atoms with van der Waals surface area (Å²) in [5.74, 6) is 2.39. The van der Waals surface area contributed by atoms with E-state index in [2.05, 4.69) is 20.0 Å². The molecular formula is C10H8N4OS. The Labute approximate surface area is 96.1 Å². The summed E-state index contributed by atoms with van der Waals surface area (Å²) in [6, 6.07) is 3.71. The van der Waals surface area contributed by atoms with Crippen LogP contribution < -0.4 is 0 Å². The highest BCUT2D eigenvalue weighted by molar-refractivity contribution is 8.13. The summed E-state index contributed by atoms with van der Waals surface area (Å²) >= 11 is 1.60. The molecule has 0 saturated heterocycles. The van der Waals surface area contributed by atoms with Gasteiger partial charge in [-0.2, -0.15) is 0 Å². The Bertz CT molecular complexity index is 501. The second kappa shape index (κ2) is 4.05. The van der Waals surface area contributed by atoms with Gasteiger partial charge in [-0.1, -0.05) is 11.8 Å². The van der Waals surface area contributed by atoms with E-state index in [1.807, 2.05) is 12.1 Å². The van der Waals surface area contributed by atoms with Crippen LogP contribution in [-0.4, -0.2) is 29.6 Å². The predicted molar refractivity (Wildman–Crippen MR) is 65.6 cm³/mol. The minimum absolute atomic E-state index is 0.107. The third-order valence-corrected chi connectivity index (χ3v) is 3.25. The summed E-state index contributed by atoms with van der Waals surface area (Å²) < 4.78 is 5.26. The summed E-state index contributed by atoms with van der Waals surface area (Å²) in [6.07, 6.45) is 4.72. The van der Waals surface area contributed by atoms with Crippen LogP contribution in [0, 0.1) is 0 Å². The summed E-state index contributed by atoms with van der Waals surface area (Å²) in [5.41, 5.74) is 0. The lowest BCUT2D eigenvalue weighted by atomic mass is 10.3. The fourth-order valence-electron chi connectivity index (χ4n) is 1.45. The van der Waals surface area contributed by atoms with Crippen molar-refractivity contribution < 1.29 is 4.42 Å². The predicted octanol–water partition coefficient (Wildman–Crippen LogP) is 1.76. The average Bonchev–Trinajstić information content (AvgIpc) is 2.97. The van der Waals surface area contributed by atoms with Gasteiger partial charge in [-0.05, 0) is 12.1 Å². The summed E-state index contributed by atoms with van der Waals surface area (Å²) in [5, 5.41) is 0.916. The van der Waals surface area contributed by atoms with E-state index in [0.29, 0.717) is 0 Å². The van der Waals surface area contributed by atoms with E-state index in [4.69, 9.17) is 4.42 Å². The van der Waals surface area contributed by atoms with Gasteiger partial charge in [-0.15, -0.1) is 0 Å². The lowest BCUT2D eigenvalue weighted by molar-refractivity contribution is 0.530. The average molecular weight is 232 g/mol. The van der Waals surface area contributed by atoms with Gasteiger partial charge in [-0.25, -0.2) is 15.0 Å². The number of hydrogen-bond acceptors (Lipinski definition) is 6. The van der Waals surface area contributed by atoms with Crippen molar-refractivity contribution in [2.24, 2.45) is 20.0 Å². The second-order valence-electron chi connectivity index (χ2n) is 3.23. The normalized spacial score (nSPS) is 21.9. The number of thioether (sulfide) groups is 1. The molecule has 5 nitrogen and oxygen atoms in total. The zero-order valence-corrected chi connectivity index (χ0v) is 9.09. The van der Waals surface area contributed by atoms with Gasteiger partial charge in [0.15, 0.2) is 11.9 Å². The topological polar surface area (TPSA) is 62.6 Å². The van der Waals surface area contributed by atoms with Gasteiger partial charge < -0.3 is 4.42 Å². The molecule has 0 spiro atoms. The van der Waals surface area contributed by atoms with Crippen molar-refractivity contribution in [1.82, 2.24) is 0 Å². The van der Waals surface area contributed by atoms with Crippen LogP contribution in [0.2, 0.25) is 0 Å². The van der Waals surface area contributed by atoms with E-state index in [1.165, 1.54) is 12.7 Å². The summed E-state index contributed by atoms with van der Waals surface area (Å²) in [7, 11) is 0. The monoisotopic (exact) mass is 232 g/mol. The molecule has 1 atom stereocenters. The van der Waals surface area contributed by atoms with Crippen molar-refractivity contribution in [3.63, 3.8) is 0 Å². The Morgan fingerprint density at radius 3 is 3.19 bits per heavy atom. The molecule has 0 aromatic carbocycles. The van der Waals surface area contributed by atoms with Gasteiger partial charge in [0, 0.05) is 0 Å². The minimum atomic E-state index is -0.107. The zero-order valence-electron chi connectivity index (χ0n) is 8.28. The van der Waals surface area contributed by atoms with E-state index in [0.717, 1.165) is 22.4 Å². The van der Waals surface area contributed by atoms with E-state index >= 15 is 0 Å². The van der Waals surface area contributed by atoms with Gasteiger partial charge in [0.05, 0.1) is 12.0 Å². The maximum atomic E-state index is 5.26. The number of amidine groups is 1. The number of hydrogen-bond donors (Lipinski definition) is 0. The Balaban J connectivity index is 1.71. The molecule has 6 heteroatoms. The first-order chi connectivity index (χ1) is 7.93. The maximum Gasteiger partial charge on any atom is 0.163 e. The highest BCUT2D eigenvalue weighted by Crippen LogP contribution is 2.21. The smallest absolute Gasteiger partial charge is 0.163 e. The van der Waals surface area contributed by atoms with Crippen LogP contribution >= 0.6 is 11.8 Å². The first-order valence-corrected chi connectivity index (χ1v) is 5.77. The Morgan fingerprint density at radius 2 is 2.31 bits per heavy atom. The van der Waals surface area contributed by atoms with Crippen LogP contribution in [0.1, 0.15) is 5.76 Å². The van der Waals surface area contributed by atoms with Crippen molar-refractivity contribution in [3.05, 3.63) is 24.2 Å². The molecule has 0 saturated carbocycles. The Morgan fingerprint density at radius 1 is 1.31 bits per heavy atom. The van der Waals surface area contributed by atoms with Gasteiger partial charge in [0.1, 0.15) is 23.5 Å². The Kier molecular flexibility index (Phi) is 2.41. The molecule has 2 aliphatic rings. The first-order valence-electron chi connectivity index (χ1n) is 4.78. The van der Waals surface area contributed by atoms with Crippen molar-refractivity contribution in [3.8, 4) is 0 Å². The van der Waals surface area contributed by atoms with Crippen molar-refractivity contribution in [2.75, 3.05) is 0 Å². The molecular weight excluding hydrogens is 224 g/mol. The number of nitrogens with zero attached hydrogens (tertiary/aromatic N) is 4. The van der Waals surface area contributed by atoms with Gasteiger partial charge in [0.2, 0.25) is 0 Å². The van der Waals surface area contributed by atoms with Crippen LogP contribution in [0.25, 0.3) is 0 Å². The molecule has 2 aliphatic heterocycles. The highest BCUT2D eigenvalue weighted by Gasteiger charge is 2.26.